The zero-order chi connectivity index (χ0) is 21.2. The molecule has 3 N–H and O–H groups in total. The number of anilines is 1. The van der Waals surface area contributed by atoms with Crippen LogP contribution in [0, 0.1) is 0 Å². The molecule has 0 radical (unpaired) electrons. The third-order valence-electron chi connectivity index (χ3n) is 3.83. The number of hydrogen-bond donors (Lipinski definition) is 2. The maximum atomic E-state index is 12.2. The molecule has 0 heterocycles. The number of amides is 2. The molecule has 2 aromatic rings. The van der Waals surface area contributed by atoms with Crippen LogP contribution in [0.15, 0.2) is 48.5 Å². The first kappa shape index (κ1) is 21.7. The number of hydrogen-bond acceptors (Lipinski definition) is 6. The van der Waals surface area contributed by atoms with Gasteiger partial charge in [0.2, 0.25) is 5.91 Å². The maximum absolute atomic E-state index is 12.2. The van der Waals surface area contributed by atoms with Crippen LogP contribution >= 0.6 is 0 Å². The fourth-order valence-electron chi connectivity index (χ4n) is 2.36. The molecule has 0 bridgehead atoms. The van der Waals surface area contributed by atoms with Crippen LogP contribution in [-0.4, -0.2) is 37.1 Å². The van der Waals surface area contributed by atoms with E-state index in [9.17, 15) is 14.4 Å². The molecule has 8 nitrogen and oxygen atoms in total. The minimum Gasteiger partial charge on any atom is -0.490 e. The van der Waals surface area contributed by atoms with Crippen molar-refractivity contribution in [1.29, 1.82) is 0 Å². The van der Waals surface area contributed by atoms with E-state index in [0.717, 1.165) is 0 Å². The van der Waals surface area contributed by atoms with Gasteiger partial charge in [-0.3, -0.25) is 14.4 Å². The van der Waals surface area contributed by atoms with Crippen LogP contribution in [0.4, 0.5) is 5.69 Å². The van der Waals surface area contributed by atoms with E-state index in [1.54, 1.807) is 18.2 Å². The fourth-order valence-corrected chi connectivity index (χ4v) is 2.36. The van der Waals surface area contributed by atoms with Gasteiger partial charge in [0, 0.05) is 11.3 Å². The summed E-state index contributed by atoms with van der Waals surface area (Å²) in [5.41, 5.74) is 5.95. The van der Waals surface area contributed by atoms with Crippen LogP contribution in [0.2, 0.25) is 0 Å². The Bertz CT molecular complexity index is 851. The summed E-state index contributed by atoms with van der Waals surface area (Å²) in [4.78, 5) is 35.2. The Hall–Kier alpha value is -3.55. The van der Waals surface area contributed by atoms with Crippen LogP contribution in [0.5, 0.6) is 11.5 Å². The smallest absolute Gasteiger partial charge is 0.310 e. The minimum atomic E-state index is -0.992. The number of ether oxygens (including phenoxy) is 3. The van der Waals surface area contributed by atoms with Gasteiger partial charge in [-0.1, -0.05) is 12.1 Å². The van der Waals surface area contributed by atoms with Gasteiger partial charge in [0.15, 0.2) is 17.6 Å². The molecule has 1 atom stereocenters. The quantitative estimate of drug-likeness (QED) is 0.592. The van der Waals surface area contributed by atoms with Crippen molar-refractivity contribution in [3.63, 3.8) is 0 Å². The maximum Gasteiger partial charge on any atom is 0.310 e. The highest BCUT2D eigenvalue weighted by Gasteiger charge is 2.18. The largest absolute Gasteiger partial charge is 0.490 e. The molecule has 29 heavy (non-hydrogen) atoms. The van der Waals surface area contributed by atoms with Crippen molar-refractivity contribution < 1.29 is 28.6 Å². The van der Waals surface area contributed by atoms with Gasteiger partial charge in [-0.15, -0.1) is 0 Å². The molecule has 0 aliphatic rings. The highest BCUT2D eigenvalue weighted by molar-refractivity contribution is 5.96. The Kier molecular flexibility index (Phi) is 8.02. The number of benzene rings is 2. The Morgan fingerprint density at radius 3 is 2.21 bits per heavy atom. The third-order valence-corrected chi connectivity index (χ3v) is 3.83. The standard InChI is InChI=1S/C21H24N2O6/c1-3-27-17-6-4-5-7-18(17)28-13-12-19(24)29-14(2)21(26)23-16-10-8-15(9-11-16)20(22)25/h4-11,14H,3,12-13H2,1-2H3,(H2,22,25)(H,23,26)/t14-/m0/s1. The van der Waals surface area contributed by atoms with Crippen LogP contribution in [0.1, 0.15) is 30.6 Å². The van der Waals surface area contributed by atoms with Crippen LogP contribution in [0.25, 0.3) is 0 Å². The van der Waals surface area contributed by atoms with E-state index in [-0.39, 0.29) is 13.0 Å². The summed E-state index contributed by atoms with van der Waals surface area (Å²) < 4.78 is 16.1. The van der Waals surface area contributed by atoms with E-state index in [1.807, 2.05) is 13.0 Å². The predicted octanol–water partition coefficient (Wildman–Crippen LogP) is 2.52. The number of para-hydroxylation sites is 2. The number of primary amides is 1. The van der Waals surface area contributed by atoms with Crippen molar-refractivity contribution in [2.45, 2.75) is 26.4 Å². The monoisotopic (exact) mass is 400 g/mol. The lowest BCUT2D eigenvalue weighted by Gasteiger charge is -2.14. The van der Waals surface area contributed by atoms with Crippen molar-refractivity contribution in [3.8, 4) is 11.5 Å². The SMILES string of the molecule is CCOc1ccccc1OCCC(=O)O[C@@H](C)C(=O)Nc1ccc(C(N)=O)cc1. The first-order chi connectivity index (χ1) is 13.9. The molecule has 2 rings (SSSR count). The highest BCUT2D eigenvalue weighted by atomic mass is 16.6. The van der Waals surface area contributed by atoms with Gasteiger partial charge in [-0.2, -0.15) is 0 Å². The van der Waals surface area contributed by atoms with Crippen LogP contribution in [-0.2, 0) is 14.3 Å². The van der Waals surface area contributed by atoms with E-state index in [2.05, 4.69) is 5.32 Å². The Balaban J connectivity index is 1.78. The zero-order valence-corrected chi connectivity index (χ0v) is 16.3. The first-order valence-corrected chi connectivity index (χ1v) is 9.15. The van der Waals surface area contributed by atoms with Crippen molar-refractivity contribution in [2.24, 2.45) is 5.73 Å². The molecular formula is C21H24N2O6. The van der Waals surface area contributed by atoms with E-state index in [4.69, 9.17) is 19.9 Å². The van der Waals surface area contributed by atoms with Gasteiger partial charge in [0.1, 0.15) is 0 Å². The lowest BCUT2D eigenvalue weighted by Crippen LogP contribution is -2.30. The molecular weight excluding hydrogens is 376 g/mol. The van der Waals surface area contributed by atoms with Crippen molar-refractivity contribution in [2.75, 3.05) is 18.5 Å². The molecule has 0 spiro atoms. The summed E-state index contributed by atoms with van der Waals surface area (Å²) in [7, 11) is 0. The van der Waals surface area contributed by atoms with Gasteiger partial charge in [-0.05, 0) is 50.2 Å². The number of rotatable bonds is 10. The van der Waals surface area contributed by atoms with E-state index in [1.165, 1.54) is 31.2 Å². The average Bonchev–Trinajstić information content (AvgIpc) is 2.69. The van der Waals surface area contributed by atoms with Crippen molar-refractivity contribution in [3.05, 3.63) is 54.1 Å². The normalized spacial score (nSPS) is 11.2. The molecule has 154 valence electrons. The Labute approximate surface area is 168 Å². The second kappa shape index (κ2) is 10.7. The number of carbonyl (C=O) groups excluding carboxylic acids is 3. The molecule has 0 unspecified atom stereocenters. The molecule has 0 saturated heterocycles. The summed E-state index contributed by atoms with van der Waals surface area (Å²) >= 11 is 0. The molecule has 0 aliphatic carbocycles. The van der Waals surface area contributed by atoms with Gasteiger partial charge in [0.05, 0.1) is 19.6 Å². The number of nitrogens with two attached hydrogens (primary N) is 1. The van der Waals surface area contributed by atoms with E-state index < -0.39 is 23.9 Å². The first-order valence-electron chi connectivity index (χ1n) is 9.15. The number of esters is 1. The lowest BCUT2D eigenvalue weighted by molar-refractivity contribution is -0.153. The second-order valence-corrected chi connectivity index (χ2v) is 6.04. The second-order valence-electron chi connectivity index (χ2n) is 6.04. The van der Waals surface area contributed by atoms with Gasteiger partial charge >= 0.3 is 5.97 Å². The minimum absolute atomic E-state index is 0.0224. The third kappa shape index (κ3) is 6.84. The highest BCUT2D eigenvalue weighted by Crippen LogP contribution is 2.26. The van der Waals surface area contributed by atoms with E-state index in [0.29, 0.717) is 29.4 Å². The molecule has 0 aromatic heterocycles. The van der Waals surface area contributed by atoms with Gasteiger partial charge in [0.25, 0.3) is 5.91 Å². The number of carbonyl (C=O) groups is 3. The molecule has 0 saturated carbocycles. The molecule has 2 amide bonds. The topological polar surface area (TPSA) is 117 Å². The average molecular weight is 400 g/mol. The van der Waals surface area contributed by atoms with E-state index >= 15 is 0 Å². The summed E-state index contributed by atoms with van der Waals surface area (Å²) in [6.45, 7) is 3.93. The fraction of sp³-hybridized carbons (Fsp3) is 0.286. The molecule has 8 heteroatoms. The molecule has 2 aromatic carbocycles. The summed E-state index contributed by atoms with van der Waals surface area (Å²) in [5.74, 6) is -0.486. The summed E-state index contributed by atoms with van der Waals surface area (Å²) in [6.07, 6.45) is -1.01. The van der Waals surface area contributed by atoms with Gasteiger partial charge in [-0.25, -0.2) is 0 Å². The Morgan fingerprint density at radius 1 is 1.00 bits per heavy atom. The zero-order valence-electron chi connectivity index (χ0n) is 16.3. The van der Waals surface area contributed by atoms with Crippen molar-refractivity contribution in [1.82, 2.24) is 0 Å². The van der Waals surface area contributed by atoms with Crippen molar-refractivity contribution >= 4 is 23.5 Å². The number of nitrogens with one attached hydrogen (secondary N) is 1. The van der Waals surface area contributed by atoms with Gasteiger partial charge < -0.3 is 25.3 Å². The summed E-state index contributed by atoms with van der Waals surface area (Å²) in [6, 6.07) is 13.2. The van der Waals surface area contributed by atoms with Crippen LogP contribution in [0.3, 0.4) is 0 Å². The summed E-state index contributed by atoms with van der Waals surface area (Å²) in [5, 5.41) is 2.60. The Morgan fingerprint density at radius 2 is 1.62 bits per heavy atom. The molecule has 0 fully saturated rings. The molecule has 0 aliphatic heterocycles. The lowest BCUT2D eigenvalue weighted by atomic mass is 10.2. The predicted molar refractivity (Wildman–Crippen MR) is 107 cm³/mol. The van der Waals surface area contributed by atoms with Crippen LogP contribution < -0.4 is 20.5 Å².